The smallest absolute Gasteiger partial charge is 0.322 e. The number of esters is 1. The van der Waals surface area contributed by atoms with E-state index in [1.165, 1.54) is 83.5 Å². The standard InChI is InChI=1S/C38H69NO5/c1-3-5-7-9-11-13-14-15-16-17-18-20-25-29-33-38(43)44-35(30-26-22-19-12-10-8-6-4-2)31-27-23-21-24-28-32-36(40)39-34-37(41)42/h9,11,14-15,35H,3-8,10,12-13,16-34H2,1-2H3,(H,39,40)(H,41,42)/b11-9-,15-14-. The highest BCUT2D eigenvalue weighted by molar-refractivity contribution is 5.80. The zero-order valence-corrected chi connectivity index (χ0v) is 28.8. The van der Waals surface area contributed by atoms with Gasteiger partial charge in [-0.3, -0.25) is 14.4 Å². The molecule has 0 heterocycles. The van der Waals surface area contributed by atoms with E-state index < -0.39 is 5.97 Å². The Kier molecular flexibility index (Phi) is 32.2. The largest absolute Gasteiger partial charge is 0.480 e. The van der Waals surface area contributed by atoms with Crippen LogP contribution in [0.15, 0.2) is 24.3 Å². The number of amides is 1. The van der Waals surface area contributed by atoms with Crippen LogP contribution in [-0.4, -0.2) is 35.6 Å². The molecule has 0 aliphatic carbocycles. The van der Waals surface area contributed by atoms with Crippen LogP contribution in [0.2, 0.25) is 0 Å². The molecule has 0 aromatic heterocycles. The Balaban J connectivity index is 4.13. The summed E-state index contributed by atoms with van der Waals surface area (Å²) >= 11 is 0. The van der Waals surface area contributed by atoms with Crippen LogP contribution in [0.5, 0.6) is 0 Å². The minimum absolute atomic E-state index is 0.0256. The van der Waals surface area contributed by atoms with E-state index >= 15 is 0 Å². The Hall–Kier alpha value is -2.11. The second kappa shape index (κ2) is 33.8. The Morgan fingerprint density at radius 1 is 0.591 bits per heavy atom. The summed E-state index contributed by atoms with van der Waals surface area (Å²) in [4.78, 5) is 34.8. The molecule has 0 aromatic carbocycles. The van der Waals surface area contributed by atoms with Gasteiger partial charge in [0.2, 0.25) is 5.91 Å². The Labute approximate surface area is 271 Å². The van der Waals surface area contributed by atoms with Crippen LogP contribution in [0.4, 0.5) is 0 Å². The van der Waals surface area contributed by atoms with Crippen molar-refractivity contribution in [2.75, 3.05) is 6.54 Å². The van der Waals surface area contributed by atoms with Gasteiger partial charge in [-0.25, -0.2) is 0 Å². The van der Waals surface area contributed by atoms with Crippen LogP contribution in [0.1, 0.15) is 187 Å². The number of aliphatic carboxylic acids is 1. The van der Waals surface area contributed by atoms with Crippen molar-refractivity contribution in [2.24, 2.45) is 0 Å². The third-order valence-corrected chi connectivity index (χ3v) is 8.13. The van der Waals surface area contributed by atoms with E-state index in [0.29, 0.717) is 12.8 Å². The molecule has 1 atom stereocenters. The first-order chi connectivity index (χ1) is 21.5. The van der Waals surface area contributed by atoms with Gasteiger partial charge in [-0.1, -0.05) is 134 Å². The van der Waals surface area contributed by atoms with Gasteiger partial charge in [-0.15, -0.1) is 0 Å². The molecule has 0 aliphatic heterocycles. The highest BCUT2D eigenvalue weighted by atomic mass is 16.5. The molecule has 0 saturated heterocycles. The molecular weight excluding hydrogens is 550 g/mol. The lowest BCUT2D eigenvalue weighted by molar-refractivity contribution is -0.150. The summed E-state index contributed by atoms with van der Waals surface area (Å²) in [6, 6.07) is 0. The molecule has 0 aromatic rings. The molecule has 0 aliphatic rings. The van der Waals surface area contributed by atoms with Crippen molar-refractivity contribution in [1.82, 2.24) is 5.32 Å². The lowest BCUT2D eigenvalue weighted by atomic mass is 10.0. The number of nitrogens with one attached hydrogen (secondary N) is 1. The van der Waals surface area contributed by atoms with Crippen molar-refractivity contribution in [3.05, 3.63) is 24.3 Å². The highest BCUT2D eigenvalue weighted by Crippen LogP contribution is 2.18. The second-order valence-corrected chi connectivity index (χ2v) is 12.5. The summed E-state index contributed by atoms with van der Waals surface area (Å²) in [5, 5.41) is 11.0. The topological polar surface area (TPSA) is 92.7 Å². The molecular formula is C38H69NO5. The molecule has 6 heteroatoms. The molecule has 0 saturated carbocycles. The molecule has 44 heavy (non-hydrogen) atoms. The fourth-order valence-electron chi connectivity index (χ4n) is 5.35. The minimum atomic E-state index is -1.02. The number of rotatable bonds is 33. The summed E-state index contributed by atoms with van der Waals surface area (Å²) in [7, 11) is 0. The van der Waals surface area contributed by atoms with E-state index in [2.05, 4.69) is 43.5 Å². The number of unbranched alkanes of at least 4 members (excludes halogenated alkanes) is 18. The van der Waals surface area contributed by atoms with Crippen LogP contribution < -0.4 is 5.32 Å². The Bertz CT molecular complexity index is 733. The monoisotopic (exact) mass is 620 g/mol. The number of ether oxygens (including phenoxy) is 1. The number of hydrogen-bond acceptors (Lipinski definition) is 4. The van der Waals surface area contributed by atoms with E-state index in [-0.39, 0.29) is 24.5 Å². The molecule has 256 valence electrons. The molecule has 2 N–H and O–H groups in total. The van der Waals surface area contributed by atoms with E-state index in [1.54, 1.807) is 0 Å². The van der Waals surface area contributed by atoms with E-state index in [9.17, 15) is 14.4 Å². The lowest BCUT2D eigenvalue weighted by Crippen LogP contribution is -2.28. The first-order valence-corrected chi connectivity index (χ1v) is 18.5. The zero-order valence-electron chi connectivity index (χ0n) is 28.8. The maximum Gasteiger partial charge on any atom is 0.322 e. The van der Waals surface area contributed by atoms with Crippen molar-refractivity contribution in [3.8, 4) is 0 Å². The quantitative estimate of drug-likeness (QED) is 0.0433. The van der Waals surface area contributed by atoms with Crippen molar-refractivity contribution < 1.29 is 24.2 Å². The van der Waals surface area contributed by atoms with Gasteiger partial charge in [-0.05, 0) is 64.2 Å². The number of carbonyl (C=O) groups excluding carboxylic acids is 2. The van der Waals surface area contributed by atoms with Crippen molar-refractivity contribution in [1.29, 1.82) is 0 Å². The van der Waals surface area contributed by atoms with Gasteiger partial charge < -0.3 is 15.2 Å². The zero-order chi connectivity index (χ0) is 32.4. The van der Waals surface area contributed by atoms with Gasteiger partial charge in [0.1, 0.15) is 12.6 Å². The van der Waals surface area contributed by atoms with Crippen molar-refractivity contribution >= 4 is 17.8 Å². The average molecular weight is 620 g/mol. The van der Waals surface area contributed by atoms with Gasteiger partial charge in [0.05, 0.1) is 0 Å². The molecule has 1 amide bonds. The van der Waals surface area contributed by atoms with Crippen LogP contribution >= 0.6 is 0 Å². The van der Waals surface area contributed by atoms with Crippen LogP contribution in [-0.2, 0) is 19.1 Å². The third-order valence-electron chi connectivity index (χ3n) is 8.13. The fraction of sp³-hybridized carbons (Fsp3) is 0.816. The fourth-order valence-corrected chi connectivity index (χ4v) is 5.35. The molecule has 1 unspecified atom stereocenters. The number of carboxylic acids is 1. The molecule has 0 rings (SSSR count). The molecule has 0 fully saturated rings. The SMILES string of the molecule is CCCC/C=C\C/C=C\CCCCCCCC(=O)OC(CCCCCCCCCC)CCCCCCCC(=O)NCC(=O)O. The van der Waals surface area contributed by atoms with Crippen LogP contribution in [0.25, 0.3) is 0 Å². The normalized spacial score (nSPS) is 12.2. The summed E-state index contributed by atoms with van der Waals surface area (Å²) in [6.45, 7) is 4.17. The van der Waals surface area contributed by atoms with Crippen LogP contribution in [0.3, 0.4) is 0 Å². The minimum Gasteiger partial charge on any atom is -0.480 e. The number of allylic oxidation sites excluding steroid dienone is 4. The van der Waals surface area contributed by atoms with Gasteiger partial charge in [0.15, 0.2) is 0 Å². The summed E-state index contributed by atoms with van der Waals surface area (Å²) in [5.41, 5.74) is 0. The van der Waals surface area contributed by atoms with E-state index in [4.69, 9.17) is 9.84 Å². The Morgan fingerprint density at radius 3 is 1.64 bits per heavy atom. The summed E-state index contributed by atoms with van der Waals surface area (Å²) in [6.07, 6.45) is 38.6. The van der Waals surface area contributed by atoms with Gasteiger partial charge in [0, 0.05) is 12.8 Å². The molecule has 0 radical (unpaired) electrons. The summed E-state index contributed by atoms with van der Waals surface area (Å²) in [5.74, 6) is -1.24. The van der Waals surface area contributed by atoms with E-state index in [1.807, 2.05) is 0 Å². The van der Waals surface area contributed by atoms with Gasteiger partial charge >= 0.3 is 11.9 Å². The maximum absolute atomic E-state index is 12.6. The first kappa shape index (κ1) is 41.9. The predicted octanol–water partition coefficient (Wildman–Crippen LogP) is 10.8. The molecule has 6 nitrogen and oxygen atoms in total. The molecule has 0 spiro atoms. The highest BCUT2D eigenvalue weighted by Gasteiger charge is 2.14. The Morgan fingerprint density at radius 2 is 1.07 bits per heavy atom. The first-order valence-electron chi connectivity index (χ1n) is 18.5. The number of carbonyl (C=O) groups is 3. The number of carboxylic acid groups (broad SMARTS) is 1. The summed E-state index contributed by atoms with van der Waals surface area (Å²) < 4.78 is 5.97. The van der Waals surface area contributed by atoms with Gasteiger partial charge in [0.25, 0.3) is 0 Å². The third kappa shape index (κ3) is 32.8. The van der Waals surface area contributed by atoms with Crippen molar-refractivity contribution in [2.45, 2.75) is 193 Å². The van der Waals surface area contributed by atoms with Crippen LogP contribution in [0, 0.1) is 0 Å². The lowest BCUT2D eigenvalue weighted by Gasteiger charge is -2.18. The van der Waals surface area contributed by atoms with Crippen molar-refractivity contribution in [3.63, 3.8) is 0 Å². The molecule has 0 bridgehead atoms. The number of hydrogen-bond donors (Lipinski definition) is 2. The maximum atomic E-state index is 12.6. The van der Waals surface area contributed by atoms with E-state index in [0.717, 1.165) is 77.0 Å². The predicted molar refractivity (Wildman–Crippen MR) is 185 cm³/mol. The average Bonchev–Trinajstić information content (AvgIpc) is 3.00. The van der Waals surface area contributed by atoms with Gasteiger partial charge in [-0.2, -0.15) is 0 Å². The second-order valence-electron chi connectivity index (χ2n) is 12.5.